The van der Waals surface area contributed by atoms with Crippen LogP contribution < -0.4 is 5.32 Å². The molecule has 1 saturated carbocycles. The first-order valence-electron chi connectivity index (χ1n) is 9.35. The van der Waals surface area contributed by atoms with Gasteiger partial charge in [-0.15, -0.1) is 0 Å². The van der Waals surface area contributed by atoms with Crippen molar-refractivity contribution < 1.29 is 14.7 Å². The van der Waals surface area contributed by atoms with Crippen LogP contribution in [0.2, 0.25) is 0 Å². The molecule has 1 saturated heterocycles. The zero-order valence-corrected chi connectivity index (χ0v) is 15.3. The lowest BCUT2D eigenvalue weighted by atomic mass is 9.99. The number of benzene rings is 1. The smallest absolute Gasteiger partial charge is 0.227 e. The number of nitrogens with zero attached hydrogens (tertiary/aromatic N) is 3. The van der Waals surface area contributed by atoms with Gasteiger partial charge >= 0.3 is 0 Å². The van der Waals surface area contributed by atoms with Crippen molar-refractivity contribution in [1.29, 1.82) is 0 Å². The Balaban J connectivity index is 1.48. The van der Waals surface area contributed by atoms with Crippen LogP contribution in [0.25, 0.3) is 0 Å². The van der Waals surface area contributed by atoms with Crippen molar-refractivity contribution in [1.82, 2.24) is 20.0 Å². The molecule has 0 spiro atoms. The number of carbonyl (C=O) groups excluding carboxylic acids is 2. The molecule has 0 bridgehead atoms. The minimum absolute atomic E-state index is 0.0241. The lowest BCUT2D eigenvalue weighted by Gasteiger charge is -2.19. The second-order valence-corrected chi connectivity index (χ2v) is 7.52. The van der Waals surface area contributed by atoms with Crippen molar-refractivity contribution >= 4 is 11.8 Å². The first-order chi connectivity index (χ1) is 13.0. The van der Waals surface area contributed by atoms with E-state index in [1.165, 1.54) is 0 Å². The number of phenolic OH excluding ortho intramolecular Hbond substituents is 1. The number of aromatic hydroxyl groups is 1. The second kappa shape index (κ2) is 7.06. The van der Waals surface area contributed by atoms with Gasteiger partial charge in [-0.25, -0.2) is 0 Å². The van der Waals surface area contributed by atoms with E-state index in [-0.39, 0.29) is 41.9 Å². The SMILES string of the molecule is Cn1nccc1[C@@H]1CN(C(=O)Cc2ccc(O)cc2)C[C@H]1NC(=O)C1CC1. The molecule has 0 unspecified atom stereocenters. The highest BCUT2D eigenvalue weighted by molar-refractivity contribution is 5.82. The van der Waals surface area contributed by atoms with Gasteiger partial charge < -0.3 is 15.3 Å². The van der Waals surface area contributed by atoms with Gasteiger partial charge in [0.25, 0.3) is 0 Å². The predicted octanol–water partition coefficient (Wildman–Crippen LogP) is 1.19. The molecule has 1 aromatic carbocycles. The molecule has 2 aromatic rings. The van der Waals surface area contributed by atoms with E-state index in [0.717, 1.165) is 24.1 Å². The molecule has 2 N–H and O–H groups in total. The average Bonchev–Trinajstić information content (AvgIpc) is 3.30. The molecule has 4 rings (SSSR count). The number of nitrogens with one attached hydrogen (secondary N) is 1. The minimum Gasteiger partial charge on any atom is -0.508 e. The number of hydrogen-bond acceptors (Lipinski definition) is 4. The van der Waals surface area contributed by atoms with Gasteiger partial charge in [-0.3, -0.25) is 14.3 Å². The topological polar surface area (TPSA) is 87.5 Å². The van der Waals surface area contributed by atoms with Crippen LogP contribution in [0.4, 0.5) is 0 Å². The number of rotatable bonds is 5. The fraction of sp³-hybridized carbons (Fsp3) is 0.450. The standard InChI is InChI=1S/C20H24N4O3/c1-23-18(8-9-21-23)16-11-24(12-17(16)22-20(27)14-4-5-14)19(26)10-13-2-6-15(25)7-3-13/h2-3,6-9,14,16-17,25H,4-5,10-12H2,1H3,(H,22,27)/t16-,17-/m1/s1. The molecule has 142 valence electrons. The van der Waals surface area contributed by atoms with E-state index in [9.17, 15) is 14.7 Å². The molecular formula is C20H24N4O3. The molecule has 0 radical (unpaired) electrons. The summed E-state index contributed by atoms with van der Waals surface area (Å²) in [6.45, 7) is 1.07. The van der Waals surface area contributed by atoms with Gasteiger partial charge in [0.15, 0.2) is 0 Å². The summed E-state index contributed by atoms with van der Waals surface area (Å²) in [6.07, 6.45) is 3.94. The summed E-state index contributed by atoms with van der Waals surface area (Å²) < 4.78 is 1.81. The molecule has 7 nitrogen and oxygen atoms in total. The molecule has 1 aliphatic carbocycles. The van der Waals surface area contributed by atoms with Gasteiger partial charge in [-0.2, -0.15) is 5.10 Å². The largest absolute Gasteiger partial charge is 0.508 e. The third-order valence-corrected chi connectivity index (χ3v) is 5.48. The van der Waals surface area contributed by atoms with Crippen LogP contribution in [0.1, 0.15) is 30.0 Å². The van der Waals surface area contributed by atoms with Gasteiger partial charge in [-0.05, 0) is 36.6 Å². The van der Waals surface area contributed by atoms with Gasteiger partial charge in [0.1, 0.15) is 5.75 Å². The van der Waals surface area contributed by atoms with Crippen LogP contribution in [-0.4, -0.2) is 50.7 Å². The predicted molar refractivity (Wildman–Crippen MR) is 99.0 cm³/mol. The zero-order chi connectivity index (χ0) is 19.0. The molecule has 2 heterocycles. The number of likely N-dealkylation sites (tertiary alicyclic amines) is 1. The molecule has 27 heavy (non-hydrogen) atoms. The van der Waals surface area contributed by atoms with Crippen LogP contribution >= 0.6 is 0 Å². The lowest BCUT2D eigenvalue weighted by Crippen LogP contribution is -2.41. The van der Waals surface area contributed by atoms with Crippen LogP contribution in [0.3, 0.4) is 0 Å². The Morgan fingerprint density at radius 3 is 2.56 bits per heavy atom. The summed E-state index contributed by atoms with van der Waals surface area (Å²) in [5.41, 5.74) is 1.89. The van der Waals surface area contributed by atoms with E-state index in [4.69, 9.17) is 0 Å². The first-order valence-corrected chi connectivity index (χ1v) is 9.35. The van der Waals surface area contributed by atoms with E-state index in [1.807, 2.05) is 22.7 Å². The van der Waals surface area contributed by atoms with Crippen LogP contribution in [0.5, 0.6) is 5.75 Å². The van der Waals surface area contributed by atoms with E-state index in [1.54, 1.807) is 30.5 Å². The maximum absolute atomic E-state index is 12.8. The third kappa shape index (κ3) is 3.82. The number of aromatic nitrogens is 2. The Morgan fingerprint density at radius 2 is 1.93 bits per heavy atom. The quantitative estimate of drug-likeness (QED) is 0.830. The lowest BCUT2D eigenvalue weighted by molar-refractivity contribution is -0.130. The molecule has 2 aliphatic rings. The van der Waals surface area contributed by atoms with Crippen LogP contribution in [0, 0.1) is 5.92 Å². The zero-order valence-electron chi connectivity index (χ0n) is 15.3. The van der Waals surface area contributed by atoms with Crippen molar-refractivity contribution in [3.8, 4) is 5.75 Å². The molecule has 2 amide bonds. The van der Waals surface area contributed by atoms with Crippen molar-refractivity contribution in [2.45, 2.75) is 31.2 Å². The van der Waals surface area contributed by atoms with Crippen molar-refractivity contribution in [2.24, 2.45) is 13.0 Å². The first kappa shape index (κ1) is 17.6. The monoisotopic (exact) mass is 368 g/mol. The number of amides is 2. The minimum atomic E-state index is -0.0998. The van der Waals surface area contributed by atoms with Crippen molar-refractivity contribution in [3.05, 3.63) is 47.8 Å². The van der Waals surface area contributed by atoms with Gasteiger partial charge in [-0.1, -0.05) is 12.1 Å². The summed E-state index contributed by atoms with van der Waals surface area (Å²) in [6, 6.07) is 8.54. The number of aryl methyl sites for hydroxylation is 1. The van der Waals surface area contributed by atoms with Gasteiger partial charge in [0.2, 0.25) is 11.8 Å². The van der Waals surface area contributed by atoms with Gasteiger partial charge in [0, 0.05) is 43.9 Å². The number of phenols is 1. The van der Waals surface area contributed by atoms with Crippen LogP contribution in [0.15, 0.2) is 36.5 Å². The molecular weight excluding hydrogens is 344 g/mol. The Bertz CT molecular complexity index is 841. The highest BCUT2D eigenvalue weighted by atomic mass is 16.3. The van der Waals surface area contributed by atoms with Crippen molar-refractivity contribution in [2.75, 3.05) is 13.1 Å². The fourth-order valence-corrected chi connectivity index (χ4v) is 3.75. The molecule has 1 aromatic heterocycles. The summed E-state index contributed by atoms with van der Waals surface area (Å²) >= 11 is 0. The molecule has 7 heteroatoms. The third-order valence-electron chi connectivity index (χ3n) is 5.48. The fourth-order valence-electron chi connectivity index (χ4n) is 3.75. The number of carbonyl (C=O) groups is 2. The average molecular weight is 368 g/mol. The Morgan fingerprint density at radius 1 is 1.19 bits per heavy atom. The van der Waals surface area contributed by atoms with E-state index in [2.05, 4.69) is 10.4 Å². The second-order valence-electron chi connectivity index (χ2n) is 7.52. The Kier molecular flexibility index (Phi) is 4.59. The molecule has 2 atom stereocenters. The van der Waals surface area contributed by atoms with E-state index >= 15 is 0 Å². The van der Waals surface area contributed by atoms with Crippen LogP contribution in [-0.2, 0) is 23.1 Å². The van der Waals surface area contributed by atoms with E-state index in [0.29, 0.717) is 13.1 Å². The summed E-state index contributed by atoms with van der Waals surface area (Å²) in [5.74, 6) is 0.477. The maximum Gasteiger partial charge on any atom is 0.227 e. The maximum atomic E-state index is 12.8. The summed E-state index contributed by atoms with van der Waals surface area (Å²) in [7, 11) is 1.88. The molecule has 1 aliphatic heterocycles. The normalized spacial score (nSPS) is 22.0. The Labute approximate surface area is 158 Å². The van der Waals surface area contributed by atoms with E-state index < -0.39 is 0 Å². The summed E-state index contributed by atoms with van der Waals surface area (Å²) in [4.78, 5) is 26.9. The Hall–Kier alpha value is -2.83. The highest BCUT2D eigenvalue weighted by Crippen LogP contribution is 2.32. The molecule has 2 fully saturated rings. The summed E-state index contributed by atoms with van der Waals surface area (Å²) in [5, 5.41) is 16.8. The highest BCUT2D eigenvalue weighted by Gasteiger charge is 2.40. The van der Waals surface area contributed by atoms with Crippen molar-refractivity contribution in [3.63, 3.8) is 0 Å². The van der Waals surface area contributed by atoms with Gasteiger partial charge in [0.05, 0.1) is 12.5 Å². The number of hydrogen-bond donors (Lipinski definition) is 2.